The van der Waals surface area contributed by atoms with Crippen molar-refractivity contribution in [2.75, 3.05) is 0 Å². The molecule has 2 aromatic rings. The Morgan fingerprint density at radius 2 is 1.88 bits per heavy atom. The summed E-state index contributed by atoms with van der Waals surface area (Å²) < 4.78 is 4.92. The Morgan fingerprint density at radius 1 is 1.29 bits per heavy atom. The molecule has 0 amide bonds. The minimum Gasteiger partial charge on any atom is -0.871 e. The molecule has 0 bridgehead atoms. The van der Waals surface area contributed by atoms with Gasteiger partial charge < -0.3 is 9.52 Å². The summed E-state index contributed by atoms with van der Waals surface area (Å²) in [5.74, 6) is -0.558. The van der Waals surface area contributed by atoms with E-state index in [4.69, 9.17) is 9.68 Å². The van der Waals surface area contributed by atoms with E-state index in [2.05, 4.69) is 0 Å². The molecule has 0 spiro atoms. The van der Waals surface area contributed by atoms with Crippen molar-refractivity contribution >= 4 is 11.0 Å². The fourth-order valence-electron chi connectivity index (χ4n) is 1.53. The van der Waals surface area contributed by atoms with Gasteiger partial charge in [-0.3, -0.25) is 0 Å². The van der Waals surface area contributed by atoms with E-state index in [0.29, 0.717) is 0 Å². The minimum absolute atomic E-state index is 0. The standard InChI is InChI=1S/C12H9NO3.Na/c1-6-3-8-10(4-7(6)2)16-12(15)9(5-13)11(8)14;/h3-4,14H,1-2H3;/q;+1/p-1. The third-order valence-electron chi connectivity index (χ3n) is 2.59. The van der Waals surface area contributed by atoms with Crippen LogP contribution in [0.25, 0.3) is 11.0 Å². The largest absolute Gasteiger partial charge is 1.00 e. The summed E-state index contributed by atoms with van der Waals surface area (Å²) in [6, 6.07) is 4.84. The summed E-state index contributed by atoms with van der Waals surface area (Å²) in [5.41, 5.74) is 0.748. The molecule has 17 heavy (non-hydrogen) atoms. The molecule has 5 heteroatoms. The molecular formula is C12H8NNaO3. The van der Waals surface area contributed by atoms with Crippen LogP contribution in [0.1, 0.15) is 16.7 Å². The summed E-state index contributed by atoms with van der Waals surface area (Å²) in [5, 5.41) is 20.7. The average molecular weight is 237 g/mol. The van der Waals surface area contributed by atoms with E-state index in [1.54, 1.807) is 18.2 Å². The Bertz CT molecular complexity index is 683. The zero-order chi connectivity index (χ0) is 11.9. The molecule has 0 aliphatic heterocycles. The van der Waals surface area contributed by atoms with Crippen LogP contribution in [0, 0.1) is 25.2 Å². The summed E-state index contributed by atoms with van der Waals surface area (Å²) in [7, 11) is 0. The van der Waals surface area contributed by atoms with Gasteiger partial charge in [0.15, 0.2) is 0 Å². The van der Waals surface area contributed by atoms with Crippen LogP contribution in [0.15, 0.2) is 21.3 Å². The van der Waals surface area contributed by atoms with Gasteiger partial charge in [0.05, 0.1) is 0 Å². The minimum atomic E-state index is -0.872. The Morgan fingerprint density at radius 3 is 2.47 bits per heavy atom. The molecule has 1 heterocycles. The Labute approximate surface area is 120 Å². The molecule has 0 fully saturated rings. The van der Waals surface area contributed by atoms with Gasteiger partial charge >= 0.3 is 35.2 Å². The fraction of sp³-hybridized carbons (Fsp3) is 0.167. The third kappa shape index (κ3) is 2.22. The first-order valence-electron chi connectivity index (χ1n) is 4.69. The van der Waals surface area contributed by atoms with E-state index < -0.39 is 16.9 Å². The molecule has 0 aliphatic carbocycles. The smallest absolute Gasteiger partial charge is 0.871 e. The van der Waals surface area contributed by atoms with E-state index in [9.17, 15) is 9.90 Å². The van der Waals surface area contributed by atoms with E-state index >= 15 is 0 Å². The number of fused-ring (bicyclic) bond motifs is 1. The second kappa shape index (κ2) is 4.92. The van der Waals surface area contributed by atoms with Gasteiger partial charge in [-0.2, -0.15) is 5.26 Å². The molecule has 80 valence electrons. The average Bonchev–Trinajstić information content (AvgIpc) is 2.22. The molecule has 0 unspecified atom stereocenters. The SMILES string of the molecule is Cc1cc2oc(=O)c(C#N)c([O-])c2cc1C.[Na+]. The molecule has 0 saturated heterocycles. The third-order valence-corrected chi connectivity index (χ3v) is 2.59. The number of aryl methyl sites for hydroxylation is 2. The molecule has 0 radical (unpaired) electrons. The molecule has 0 aliphatic rings. The zero-order valence-corrected chi connectivity index (χ0v) is 11.8. The fourth-order valence-corrected chi connectivity index (χ4v) is 1.53. The van der Waals surface area contributed by atoms with Crippen molar-refractivity contribution in [3.05, 3.63) is 39.2 Å². The molecule has 1 aromatic carbocycles. The topological polar surface area (TPSA) is 77.1 Å². The van der Waals surface area contributed by atoms with E-state index in [0.717, 1.165) is 11.1 Å². The Hall–Kier alpha value is -1.28. The van der Waals surface area contributed by atoms with Gasteiger partial charge in [-0.15, -0.1) is 0 Å². The number of benzene rings is 1. The monoisotopic (exact) mass is 237 g/mol. The van der Waals surface area contributed by atoms with Gasteiger partial charge in [-0.25, -0.2) is 4.79 Å². The number of rotatable bonds is 0. The normalized spacial score (nSPS) is 9.71. The first-order chi connectivity index (χ1) is 7.54. The number of hydrogen-bond acceptors (Lipinski definition) is 4. The van der Waals surface area contributed by atoms with Crippen LogP contribution in [0.3, 0.4) is 0 Å². The first-order valence-corrected chi connectivity index (χ1v) is 4.69. The Balaban J connectivity index is 0.00000144. The second-order valence-electron chi connectivity index (χ2n) is 3.64. The molecule has 2 rings (SSSR count). The van der Waals surface area contributed by atoms with Crippen molar-refractivity contribution < 1.29 is 39.1 Å². The Kier molecular flexibility index (Phi) is 3.99. The summed E-state index contributed by atoms with van der Waals surface area (Å²) >= 11 is 0. The molecule has 0 N–H and O–H groups in total. The second-order valence-corrected chi connectivity index (χ2v) is 3.64. The van der Waals surface area contributed by atoms with Crippen LogP contribution in [0.4, 0.5) is 0 Å². The van der Waals surface area contributed by atoms with Crippen molar-refractivity contribution in [2.24, 2.45) is 0 Å². The molecule has 0 saturated carbocycles. The van der Waals surface area contributed by atoms with Gasteiger partial charge in [0.2, 0.25) is 0 Å². The maximum Gasteiger partial charge on any atom is 1.00 e. The van der Waals surface area contributed by atoms with Gasteiger partial charge in [0.25, 0.3) is 0 Å². The zero-order valence-electron chi connectivity index (χ0n) is 9.83. The quantitative estimate of drug-likeness (QED) is 0.406. The van der Waals surface area contributed by atoms with E-state index in [1.165, 1.54) is 0 Å². The number of hydrogen-bond donors (Lipinski definition) is 0. The molecule has 1 aromatic heterocycles. The maximum atomic E-state index is 11.8. The van der Waals surface area contributed by atoms with Gasteiger partial charge in [-0.05, 0) is 37.1 Å². The molecule has 4 nitrogen and oxygen atoms in total. The number of nitriles is 1. The van der Waals surface area contributed by atoms with E-state index in [-0.39, 0.29) is 40.5 Å². The predicted molar refractivity (Wildman–Crippen MR) is 56.1 cm³/mol. The van der Waals surface area contributed by atoms with Crippen LogP contribution in [0.5, 0.6) is 5.75 Å². The van der Waals surface area contributed by atoms with E-state index in [1.807, 2.05) is 13.8 Å². The van der Waals surface area contributed by atoms with Gasteiger partial charge in [0.1, 0.15) is 17.2 Å². The van der Waals surface area contributed by atoms with Crippen molar-refractivity contribution in [3.63, 3.8) is 0 Å². The van der Waals surface area contributed by atoms with Crippen LogP contribution < -0.4 is 40.3 Å². The predicted octanol–water partition coefficient (Wildman–Crippen LogP) is -1.64. The van der Waals surface area contributed by atoms with Crippen molar-refractivity contribution in [1.29, 1.82) is 5.26 Å². The van der Waals surface area contributed by atoms with Crippen molar-refractivity contribution in [1.82, 2.24) is 0 Å². The molecular weight excluding hydrogens is 229 g/mol. The van der Waals surface area contributed by atoms with Crippen LogP contribution in [-0.4, -0.2) is 0 Å². The summed E-state index contributed by atoms with van der Waals surface area (Å²) in [6.07, 6.45) is 0. The maximum absolute atomic E-state index is 11.8. The number of nitrogens with zero attached hydrogens (tertiary/aromatic N) is 1. The van der Waals surface area contributed by atoms with Crippen LogP contribution in [-0.2, 0) is 0 Å². The van der Waals surface area contributed by atoms with Crippen LogP contribution >= 0.6 is 0 Å². The molecule has 0 atom stereocenters. The van der Waals surface area contributed by atoms with Crippen molar-refractivity contribution in [3.8, 4) is 11.8 Å². The summed E-state index contributed by atoms with van der Waals surface area (Å²) in [6.45, 7) is 3.71. The first kappa shape index (κ1) is 13.8. The van der Waals surface area contributed by atoms with Crippen LogP contribution in [0.2, 0.25) is 0 Å². The van der Waals surface area contributed by atoms with Gasteiger partial charge in [-0.1, -0.05) is 5.75 Å². The summed E-state index contributed by atoms with van der Waals surface area (Å²) in [4.78, 5) is 11.3. The van der Waals surface area contributed by atoms with Crippen molar-refractivity contribution in [2.45, 2.75) is 13.8 Å². The van der Waals surface area contributed by atoms with Gasteiger partial charge in [0, 0.05) is 5.39 Å².